The van der Waals surface area contributed by atoms with Gasteiger partial charge in [0.05, 0.1) is 7.11 Å². The van der Waals surface area contributed by atoms with Crippen molar-refractivity contribution >= 4 is 5.78 Å². The van der Waals surface area contributed by atoms with Gasteiger partial charge in [0.1, 0.15) is 5.75 Å². The molecule has 1 aromatic rings. The summed E-state index contributed by atoms with van der Waals surface area (Å²) in [6.07, 6.45) is 5.30. The molecular weight excluding hydrogens is 250 g/mol. The maximum atomic E-state index is 12.0. The van der Waals surface area contributed by atoms with E-state index in [4.69, 9.17) is 10.5 Å². The van der Waals surface area contributed by atoms with Crippen molar-refractivity contribution in [3.05, 3.63) is 29.3 Å². The molecule has 0 spiro atoms. The average molecular weight is 275 g/mol. The fraction of sp³-hybridized carbons (Fsp3) is 0.588. The Kier molecular flexibility index (Phi) is 5.18. The zero-order valence-electron chi connectivity index (χ0n) is 12.5. The second-order valence-electron chi connectivity index (χ2n) is 5.88. The van der Waals surface area contributed by atoms with E-state index in [9.17, 15) is 4.79 Å². The number of benzene rings is 1. The van der Waals surface area contributed by atoms with Crippen LogP contribution in [0.1, 0.15) is 60.9 Å². The van der Waals surface area contributed by atoms with Crippen molar-refractivity contribution < 1.29 is 9.53 Å². The minimum Gasteiger partial charge on any atom is -0.496 e. The first kappa shape index (κ1) is 15.0. The molecule has 2 rings (SSSR count). The van der Waals surface area contributed by atoms with E-state index in [0.29, 0.717) is 18.9 Å². The molecule has 0 radical (unpaired) electrons. The minimum atomic E-state index is 0.126. The van der Waals surface area contributed by atoms with Gasteiger partial charge >= 0.3 is 0 Å². The molecule has 0 unspecified atom stereocenters. The summed E-state index contributed by atoms with van der Waals surface area (Å²) in [7, 11) is 1.70. The lowest BCUT2D eigenvalue weighted by molar-refractivity contribution is 0.0985. The van der Waals surface area contributed by atoms with Crippen molar-refractivity contribution in [2.45, 2.75) is 44.9 Å². The molecule has 110 valence electrons. The lowest BCUT2D eigenvalue weighted by atomic mass is 9.78. The van der Waals surface area contributed by atoms with E-state index >= 15 is 0 Å². The Balaban J connectivity index is 2.24. The molecule has 0 bridgehead atoms. The van der Waals surface area contributed by atoms with E-state index in [1.807, 2.05) is 18.2 Å². The van der Waals surface area contributed by atoms with Gasteiger partial charge in [0.15, 0.2) is 5.78 Å². The van der Waals surface area contributed by atoms with Gasteiger partial charge in [0, 0.05) is 12.0 Å². The van der Waals surface area contributed by atoms with Crippen LogP contribution in [0.4, 0.5) is 0 Å². The number of methoxy groups -OCH3 is 1. The number of hydrogen-bond acceptors (Lipinski definition) is 3. The molecule has 20 heavy (non-hydrogen) atoms. The van der Waals surface area contributed by atoms with E-state index in [0.717, 1.165) is 17.2 Å². The lowest BCUT2D eigenvalue weighted by Crippen LogP contribution is -2.13. The van der Waals surface area contributed by atoms with E-state index in [1.165, 1.54) is 31.2 Å². The fourth-order valence-electron chi connectivity index (χ4n) is 3.07. The second kappa shape index (κ2) is 6.89. The molecule has 1 aliphatic carbocycles. The summed E-state index contributed by atoms with van der Waals surface area (Å²) in [6.45, 7) is 2.72. The Labute approximate surface area is 121 Å². The van der Waals surface area contributed by atoms with E-state index in [2.05, 4.69) is 6.92 Å². The van der Waals surface area contributed by atoms with Crippen LogP contribution < -0.4 is 10.5 Å². The molecule has 0 saturated heterocycles. The number of carbonyl (C=O) groups excluding carboxylic acids is 1. The topological polar surface area (TPSA) is 52.3 Å². The maximum absolute atomic E-state index is 12.0. The zero-order chi connectivity index (χ0) is 14.5. The molecule has 0 amide bonds. The van der Waals surface area contributed by atoms with Gasteiger partial charge in [-0.3, -0.25) is 4.79 Å². The minimum absolute atomic E-state index is 0.126. The molecule has 1 fully saturated rings. The van der Waals surface area contributed by atoms with Crippen molar-refractivity contribution in [1.29, 1.82) is 0 Å². The summed E-state index contributed by atoms with van der Waals surface area (Å²) >= 11 is 0. The first-order valence-corrected chi connectivity index (χ1v) is 7.57. The van der Waals surface area contributed by atoms with Gasteiger partial charge in [0.25, 0.3) is 0 Å². The Morgan fingerprint density at radius 1 is 1.30 bits per heavy atom. The summed E-state index contributed by atoms with van der Waals surface area (Å²) in [6, 6.07) is 5.81. The number of Topliss-reactive ketones (excluding diaryl/α,β-unsaturated/α-hetero) is 1. The quantitative estimate of drug-likeness (QED) is 0.836. The zero-order valence-corrected chi connectivity index (χ0v) is 12.5. The van der Waals surface area contributed by atoms with Crippen molar-refractivity contribution in [3.8, 4) is 5.75 Å². The molecule has 2 N–H and O–H groups in total. The third-order valence-electron chi connectivity index (χ3n) is 4.38. The summed E-state index contributed by atoms with van der Waals surface area (Å²) in [5.41, 5.74) is 7.44. The van der Waals surface area contributed by atoms with Crippen LogP contribution in [-0.2, 0) is 0 Å². The maximum Gasteiger partial charge on any atom is 0.164 e. The smallest absolute Gasteiger partial charge is 0.164 e. The lowest BCUT2D eigenvalue weighted by Gasteiger charge is -2.27. The summed E-state index contributed by atoms with van der Waals surface area (Å²) in [5, 5.41) is 0. The van der Waals surface area contributed by atoms with Gasteiger partial charge in [-0.2, -0.15) is 0 Å². The van der Waals surface area contributed by atoms with Crippen LogP contribution in [0.25, 0.3) is 0 Å². The molecular formula is C17H25NO2. The highest BCUT2D eigenvalue weighted by molar-refractivity contribution is 5.96. The first-order valence-electron chi connectivity index (χ1n) is 7.57. The van der Waals surface area contributed by atoms with E-state index < -0.39 is 0 Å². The van der Waals surface area contributed by atoms with Gasteiger partial charge in [-0.1, -0.05) is 19.8 Å². The summed E-state index contributed by atoms with van der Waals surface area (Å²) in [5.74, 6) is 2.38. The molecule has 0 aliphatic heterocycles. The van der Waals surface area contributed by atoms with Gasteiger partial charge in [-0.05, 0) is 55.0 Å². The Bertz CT molecular complexity index is 462. The molecule has 0 atom stereocenters. The average Bonchev–Trinajstić information content (AvgIpc) is 2.47. The van der Waals surface area contributed by atoms with E-state index in [-0.39, 0.29) is 5.78 Å². The molecule has 3 heteroatoms. The molecule has 3 nitrogen and oxygen atoms in total. The first-order chi connectivity index (χ1) is 9.65. The van der Waals surface area contributed by atoms with Gasteiger partial charge in [-0.15, -0.1) is 0 Å². The number of rotatable bonds is 5. The molecule has 0 heterocycles. The normalized spacial score (nSPS) is 22.6. The highest BCUT2D eigenvalue weighted by Crippen LogP contribution is 2.39. The summed E-state index contributed by atoms with van der Waals surface area (Å²) < 4.78 is 5.48. The third kappa shape index (κ3) is 3.40. The number of ketones is 1. The van der Waals surface area contributed by atoms with Crippen LogP contribution in [0.2, 0.25) is 0 Å². The molecule has 1 saturated carbocycles. The van der Waals surface area contributed by atoms with Crippen molar-refractivity contribution in [2.24, 2.45) is 11.7 Å². The number of carbonyl (C=O) groups is 1. The number of nitrogens with two attached hydrogens (primary N) is 1. The van der Waals surface area contributed by atoms with Gasteiger partial charge < -0.3 is 10.5 Å². The van der Waals surface area contributed by atoms with Crippen molar-refractivity contribution in [1.82, 2.24) is 0 Å². The third-order valence-corrected chi connectivity index (χ3v) is 4.38. The van der Waals surface area contributed by atoms with Crippen LogP contribution in [-0.4, -0.2) is 19.4 Å². The SMILES string of the molecule is COc1ccc(C(=O)CCN)cc1C1CCC(C)CC1. The van der Waals surface area contributed by atoms with Crippen molar-refractivity contribution in [2.75, 3.05) is 13.7 Å². The molecule has 1 aromatic carbocycles. The van der Waals surface area contributed by atoms with E-state index in [1.54, 1.807) is 7.11 Å². The van der Waals surface area contributed by atoms with Crippen LogP contribution in [0.5, 0.6) is 5.75 Å². The predicted molar refractivity (Wildman–Crippen MR) is 81.4 cm³/mol. The Morgan fingerprint density at radius 2 is 2.00 bits per heavy atom. The van der Waals surface area contributed by atoms with Crippen LogP contribution in [0, 0.1) is 5.92 Å². The predicted octanol–water partition coefficient (Wildman–Crippen LogP) is 3.52. The second-order valence-corrected chi connectivity index (χ2v) is 5.88. The standard InChI is InChI=1S/C17H25NO2/c1-12-3-5-13(6-4-12)15-11-14(16(19)9-10-18)7-8-17(15)20-2/h7-8,11-13H,3-6,9-10,18H2,1-2H3. The Hall–Kier alpha value is -1.35. The monoisotopic (exact) mass is 275 g/mol. The molecule has 0 aromatic heterocycles. The van der Waals surface area contributed by atoms with Gasteiger partial charge in [0.2, 0.25) is 0 Å². The van der Waals surface area contributed by atoms with Crippen LogP contribution in [0.3, 0.4) is 0 Å². The number of ether oxygens (including phenoxy) is 1. The van der Waals surface area contributed by atoms with Crippen LogP contribution >= 0.6 is 0 Å². The molecule has 1 aliphatic rings. The highest BCUT2D eigenvalue weighted by atomic mass is 16.5. The number of hydrogen-bond donors (Lipinski definition) is 1. The fourth-order valence-corrected chi connectivity index (χ4v) is 3.07. The summed E-state index contributed by atoms with van der Waals surface area (Å²) in [4.78, 5) is 12.0. The highest BCUT2D eigenvalue weighted by Gasteiger charge is 2.23. The largest absolute Gasteiger partial charge is 0.496 e. The van der Waals surface area contributed by atoms with Gasteiger partial charge in [-0.25, -0.2) is 0 Å². The van der Waals surface area contributed by atoms with Crippen molar-refractivity contribution in [3.63, 3.8) is 0 Å². The Morgan fingerprint density at radius 3 is 2.60 bits per heavy atom. The van der Waals surface area contributed by atoms with Crippen LogP contribution in [0.15, 0.2) is 18.2 Å².